The Morgan fingerprint density at radius 2 is 2.41 bits per heavy atom. The molecule has 1 saturated heterocycles. The molecule has 0 bridgehead atoms. The molecule has 1 aromatic carbocycles. The van der Waals surface area contributed by atoms with Gasteiger partial charge in [0, 0.05) is 18.1 Å². The summed E-state index contributed by atoms with van der Waals surface area (Å²) in [6.45, 7) is 5.49. The molecule has 0 amide bonds. The van der Waals surface area contributed by atoms with Gasteiger partial charge in [-0.3, -0.25) is 4.90 Å². The summed E-state index contributed by atoms with van der Waals surface area (Å²) in [5, 5.41) is 10.9. The van der Waals surface area contributed by atoms with Crippen molar-refractivity contribution >= 4 is 11.6 Å². The number of likely N-dealkylation sites (N-methyl/N-ethyl adjacent to an activating group) is 1. The third-order valence-electron chi connectivity index (χ3n) is 3.17. The summed E-state index contributed by atoms with van der Waals surface area (Å²) < 4.78 is 5.63. The SMILES string of the molecule is CCN1CCOC(C(O)c2cccc(Cl)c2)C1. The van der Waals surface area contributed by atoms with Crippen LogP contribution in [0.15, 0.2) is 24.3 Å². The molecule has 0 aromatic heterocycles. The van der Waals surface area contributed by atoms with Crippen molar-refractivity contribution in [1.29, 1.82) is 0 Å². The Morgan fingerprint density at radius 1 is 1.59 bits per heavy atom. The van der Waals surface area contributed by atoms with Crippen molar-refractivity contribution in [2.45, 2.75) is 19.1 Å². The van der Waals surface area contributed by atoms with Gasteiger partial charge in [0.25, 0.3) is 0 Å². The fourth-order valence-electron chi connectivity index (χ4n) is 2.12. The van der Waals surface area contributed by atoms with E-state index in [-0.39, 0.29) is 6.10 Å². The van der Waals surface area contributed by atoms with Crippen LogP contribution in [0.3, 0.4) is 0 Å². The molecule has 1 aromatic rings. The third-order valence-corrected chi connectivity index (χ3v) is 3.40. The maximum atomic E-state index is 10.3. The van der Waals surface area contributed by atoms with Crippen molar-refractivity contribution in [3.8, 4) is 0 Å². The number of halogens is 1. The minimum Gasteiger partial charge on any atom is -0.386 e. The second kappa shape index (κ2) is 5.83. The van der Waals surface area contributed by atoms with Crippen LogP contribution < -0.4 is 0 Å². The van der Waals surface area contributed by atoms with Crippen LogP contribution in [0.2, 0.25) is 5.02 Å². The molecule has 0 radical (unpaired) electrons. The molecule has 0 saturated carbocycles. The molecule has 2 atom stereocenters. The van der Waals surface area contributed by atoms with E-state index in [4.69, 9.17) is 16.3 Å². The summed E-state index contributed by atoms with van der Waals surface area (Å²) in [6.07, 6.45) is -0.773. The average molecular weight is 256 g/mol. The molecule has 1 heterocycles. The first kappa shape index (κ1) is 12.8. The Bertz CT molecular complexity index is 372. The van der Waals surface area contributed by atoms with Crippen LogP contribution >= 0.6 is 11.6 Å². The highest BCUT2D eigenvalue weighted by molar-refractivity contribution is 6.30. The van der Waals surface area contributed by atoms with Crippen molar-refractivity contribution in [2.75, 3.05) is 26.2 Å². The number of aliphatic hydroxyl groups excluding tert-OH is 1. The molecule has 0 spiro atoms. The first-order valence-corrected chi connectivity index (χ1v) is 6.36. The van der Waals surface area contributed by atoms with Gasteiger partial charge in [-0.1, -0.05) is 30.7 Å². The number of hydrogen-bond acceptors (Lipinski definition) is 3. The number of benzene rings is 1. The molecule has 2 rings (SSSR count). The minimum atomic E-state index is -0.608. The maximum Gasteiger partial charge on any atom is 0.106 e. The zero-order chi connectivity index (χ0) is 12.3. The van der Waals surface area contributed by atoms with Crippen LogP contribution in [0.5, 0.6) is 0 Å². The fourth-order valence-corrected chi connectivity index (χ4v) is 2.31. The molecular weight excluding hydrogens is 238 g/mol. The monoisotopic (exact) mass is 255 g/mol. The minimum absolute atomic E-state index is 0.165. The van der Waals surface area contributed by atoms with Crippen molar-refractivity contribution in [3.05, 3.63) is 34.9 Å². The van der Waals surface area contributed by atoms with Crippen molar-refractivity contribution < 1.29 is 9.84 Å². The van der Waals surface area contributed by atoms with Crippen LogP contribution in [-0.2, 0) is 4.74 Å². The van der Waals surface area contributed by atoms with Gasteiger partial charge in [-0.2, -0.15) is 0 Å². The summed E-state index contributed by atoms with van der Waals surface area (Å²) in [4.78, 5) is 2.28. The predicted octanol–water partition coefficient (Wildman–Crippen LogP) is 2.09. The van der Waals surface area contributed by atoms with E-state index in [1.807, 2.05) is 12.1 Å². The lowest BCUT2D eigenvalue weighted by Crippen LogP contribution is -2.44. The maximum absolute atomic E-state index is 10.3. The zero-order valence-corrected chi connectivity index (χ0v) is 10.7. The van der Waals surface area contributed by atoms with Gasteiger partial charge in [-0.05, 0) is 24.2 Å². The Labute approximate surface area is 107 Å². The number of rotatable bonds is 3. The van der Waals surface area contributed by atoms with Crippen LogP contribution in [-0.4, -0.2) is 42.4 Å². The van der Waals surface area contributed by atoms with Crippen molar-refractivity contribution in [1.82, 2.24) is 4.90 Å². The van der Waals surface area contributed by atoms with Crippen LogP contribution in [0.4, 0.5) is 0 Å². The first-order valence-electron chi connectivity index (χ1n) is 5.98. The standard InChI is InChI=1S/C13H18ClNO2/c1-2-15-6-7-17-12(9-15)13(16)10-4-3-5-11(14)8-10/h3-5,8,12-13,16H,2,6-7,9H2,1H3. The second-order valence-corrected chi connectivity index (χ2v) is 4.74. The lowest BCUT2D eigenvalue weighted by atomic mass is 10.0. The third kappa shape index (κ3) is 3.19. The van der Waals surface area contributed by atoms with Gasteiger partial charge < -0.3 is 9.84 Å². The van der Waals surface area contributed by atoms with E-state index in [0.29, 0.717) is 11.6 Å². The smallest absolute Gasteiger partial charge is 0.106 e. The van der Waals surface area contributed by atoms with Gasteiger partial charge in [-0.25, -0.2) is 0 Å². The van der Waals surface area contributed by atoms with Crippen LogP contribution in [0.1, 0.15) is 18.6 Å². The Hall–Kier alpha value is -0.610. The largest absolute Gasteiger partial charge is 0.386 e. The molecule has 1 aliphatic heterocycles. The van der Waals surface area contributed by atoms with E-state index in [1.165, 1.54) is 0 Å². The van der Waals surface area contributed by atoms with E-state index in [9.17, 15) is 5.11 Å². The van der Waals surface area contributed by atoms with Gasteiger partial charge >= 0.3 is 0 Å². The van der Waals surface area contributed by atoms with E-state index < -0.39 is 6.10 Å². The summed E-state index contributed by atoms with van der Waals surface area (Å²) in [5.74, 6) is 0. The lowest BCUT2D eigenvalue weighted by Gasteiger charge is -2.34. The number of aliphatic hydroxyl groups is 1. The van der Waals surface area contributed by atoms with Gasteiger partial charge in [0.2, 0.25) is 0 Å². The summed E-state index contributed by atoms with van der Waals surface area (Å²) in [6, 6.07) is 7.32. The molecule has 3 nitrogen and oxygen atoms in total. The van der Waals surface area contributed by atoms with Crippen molar-refractivity contribution in [3.63, 3.8) is 0 Å². The molecular formula is C13H18ClNO2. The molecule has 4 heteroatoms. The van der Waals surface area contributed by atoms with E-state index >= 15 is 0 Å². The van der Waals surface area contributed by atoms with Gasteiger partial charge in [-0.15, -0.1) is 0 Å². The molecule has 1 fully saturated rings. The zero-order valence-electron chi connectivity index (χ0n) is 9.97. The Morgan fingerprint density at radius 3 is 3.12 bits per heavy atom. The molecule has 1 aliphatic rings. The average Bonchev–Trinajstić information content (AvgIpc) is 2.38. The number of morpholine rings is 1. The summed E-state index contributed by atoms with van der Waals surface area (Å²) in [5.41, 5.74) is 0.820. The van der Waals surface area contributed by atoms with Gasteiger partial charge in [0.05, 0.1) is 6.61 Å². The second-order valence-electron chi connectivity index (χ2n) is 4.30. The highest BCUT2D eigenvalue weighted by Crippen LogP contribution is 2.24. The topological polar surface area (TPSA) is 32.7 Å². The molecule has 17 heavy (non-hydrogen) atoms. The summed E-state index contributed by atoms with van der Waals surface area (Å²) in [7, 11) is 0. The summed E-state index contributed by atoms with van der Waals surface area (Å²) >= 11 is 5.92. The van der Waals surface area contributed by atoms with Gasteiger partial charge in [0.15, 0.2) is 0 Å². The number of ether oxygens (including phenoxy) is 1. The molecule has 0 aliphatic carbocycles. The highest BCUT2D eigenvalue weighted by Gasteiger charge is 2.27. The number of nitrogens with zero attached hydrogens (tertiary/aromatic N) is 1. The molecule has 2 unspecified atom stereocenters. The van der Waals surface area contributed by atoms with Gasteiger partial charge in [0.1, 0.15) is 12.2 Å². The van der Waals surface area contributed by atoms with Crippen LogP contribution in [0, 0.1) is 0 Å². The normalized spacial score (nSPS) is 23.6. The lowest BCUT2D eigenvalue weighted by molar-refractivity contribution is -0.0888. The van der Waals surface area contributed by atoms with E-state index in [2.05, 4.69) is 11.8 Å². The van der Waals surface area contributed by atoms with Crippen molar-refractivity contribution in [2.24, 2.45) is 0 Å². The molecule has 94 valence electrons. The Kier molecular flexibility index (Phi) is 4.40. The Balaban J connectivity index is 2.06. The van der Waals surface area contributed by atoms with Crippen LogP contribution in [0.25, 0.3) is 0 Å². The fraction of sp³-hybridized carbons (Fsp3) is 0.538. The predicted molar refractivity (Wildman–Crippen MR) is 68.3 cm³/mol. The van der Waals surface area contributed by atoms with E-state index in [1.54, 1.807) is 12.1 Å². The van der Waals surface area contributed by atoms with E-state index in [0.717, 1.165) is 25.2 Å². The quantitative estimate of drug-likeness (QED) is 0.898. The first-order chi connectivity index (χ1) is 8.20. The number of hydrogen-bond donors (Lipinski definition) is 1. The molecule has 1 N–H and O–H groups in total. The highest BCUT2D eigenvalue weighted by atomic mass is 35.5.